The molecule has 2 aromatic heterocycles. The highest BCUT2D eigenvalue weighted by Gasteiger charge is 2.12. The molecule has 1 fully saturated rings. The molecule has 20 heavy (non-hydrogen) atoms. The molecule has 5 heteroatoms. The fraction of sp³-hybridized carbons (Fsp3) is 0.333. The van der Waals surface area contributed by atoms with E-state index >= 15 is 0 Å². The molecule has 3 rings (SSSR count). The summed E-state index contributed by atoms with van der Waals surface area (Å²) in [5.74, 6) is 1.62. The number of piperazine rings is 1. The summed E-state index contributed by atoms with van der Waals surface area (Å²) in [7, 11) is 0. The standard InChI is InChI=1S/C15H18N4O/c1-2-7-17-13(4-1)12-20-15-6-3-5-14(18-15)19-10-8-16-9-11-19/h1-7,16H,8-12H2. The van der Waals surface area contributed by atoms with E-state index in [9.17, 15) is 0 Å². The zero-order valence-electron chi connectivity index (χ0n) is 11.3. The Hall–Kier alpha value is -2.14. The zero-order chi connectivity index (χ0) is 13.6. The predicted molar refractivity (Wildman–Crippen MR) is 77.9 cm³/mol. The smallest absolute Gasteiger partial charge is 0.215 e. The molecule has 0 aliphatic carbocycles. The van der Waals surface area contributed by atoms with Crippen LogP contribution in [0.25, 0.3) is 0 Å². The number of ether oxygens (including phenoxy) is 1. The summed E-state index contributed by atoms with van der Waals surface area (Å²) in [6, 6.07) is 11.7. The molecule has 1 N–H and O–H groups in total. The van der Waals surface area contributed by atoms with Crippen LogP contribution in [0.2, 0.25) is 0 Å². The first-order valence-electron chi connectivity index (χ1n) is 6.87. The van der Waals surface area contributed by atoms with Gasteiger partial charge in [0.05, 0.1) is 5.69 Å². The van der Waals surface area contributed by atoms with E-state index in [4.69, 9.17) is 4.74 Å². The van der Waals surface area contributed by atoms with Crippen LogP contribution in [0.4, 0.5) is 5.82 Å². The van der Waals surface area contributed by atoms with Crippen molar-refractivity contribution in [1.82, 2.24) is 15.3 Å². The van der Waals surface area contributed by atoms with Crippen molar-refractivity contribution in [2.24, 2.45) is 0 Å². The minimum atomic E-state index is 0.443. The van der Waals surface area contributed by atoms with Crippen molar-refractivity contribution in [2.75, 3.05) is 31.1 Å². The highest BCUT2D eigenvalue weighted by molar-refractivity contribution is 5.41. The summed E-state index contributed by atoms with van der Waals surface area (Å²) in [5.41, 5.74) is 0.905. The van der Waals surface area contributed by atoms with Crippen LogP contribution in [0.15, 0.2) is 42.6 Å². The van der Waals surface area contributed by atoms with Gasteiger partial charge < -0.3 is 15.0 Å². The van der Waals surface area contributed by atoms with Gasteiger partial charge in [0.1, 0.15) is 12.4 Å². The van der Waals surface area contributed by atoms with Gasteiger partial charge in [-0.1, -0.05) is 12.1 Å². The summed E-state index contributed by atoms with van der Waals surface area (Å²) >= 11 is 0. The third-order valence-corrected chi connectivity index (χ3v) is 3.24. The minimum Gasteiger partial charge on any atom is -0.471 e. The van der Waals surface area contributed by atoms with E-state index in [1.165, 1.54) is 0 Å². The predicted octanol–water partition coefficient (Wildman–Crippen LogP) is 1.47. The van der Waals surface area contributed by atoms with Crippen LogP contribution in [0, 0.1) is 0 Å². The van der Waals surface area contributed by atoms with E-state index in [-0.39, 0.29) is 0 Å². The van der Waals surface area contributed by atoms with Crippen LogP contribution in [-0.4, -0.2) is 36.1 Å². The Labute approximate surface area is 118 Å². The first-order chi connectivity index (χ1) is 9.92. The van der Waals surface area contributed by atoms with Crippen LogP contribution in [-0.2, 0) is 6.61 Å². The number of hydrogen-bond acceptors (Lipinski definition) is 5. The minimum absolute atomic E-state index is 0.443. The van der Waals surface area contributed by atoms with Crippen LogP contribution < -0.4 is 15.0 Å². The Morgan fingerprint density at radius 3 is 2.80 bits per heavy atom. The summed E-state index contributed by atoms with van der Waals surface area (Å²) in [6.45, 7) is 4.41. The van der Waals surface area contributed by atoms with Crippen LogP contribution >= 0.6 is 0 Å². The molecule has 0 aromatic carbocycles. The molecule has 0 atom stereocenters. The fourth-order valence-corrected chi connectivity index (χ4v) is 2.19. The van der Waals surface area contributed by atoms with E-state index in [1.54, 1.807) is 6.20 Å². The molecule has 0 amide bonds. The molecule has 0 spiro atoms. The molecule has 5 nitrogen and oxygen atoms in total. The Bertz CT molecular complexity index is 541. The molecule has 2 aromatic rings. The van der Waals surface area contributed by atoms with Crippen molar-refractivity contribution in [3.63, 3.8) is 0 Å². The van der Waals surface area contributed by atoms with Crippen LogP contribution in [0.5, 0.6) is 5.88 Å². The number of pyridine rings is 2. The Morgan fingerprint density at radius 1 is 1.10 bits per heavy atom. The molecule has 0 unspecified atom stereocenters. The number of nitrogens with zero attached hydrogens (tertiary/aromatic N) is 3. The maximum absolute atomic E-state index is 5.71. The maximum Gasteiger partial charge on any atom is 0.215 e. The average Bonchev–Trinajstić information content (AvgIpc) is 2.55. The third-order valence-electron chi connectivity index (χ3n) is 3.24. The second-order valence-electron chi connectivity index (χ2n) is 4.68. The lowest BCUT2D eigenvalue weighted by Gasteiger charge is -2.28. The lowest BCUT2D eigenvalue weighted by Crippen LogP contribution is -2.43. The van der Waals surface area contributed by atoms with Crippen LogP contribution in [0.1, 0.15) is 5.69 Å². The number of hydrogen-bond donors (Lipinski definition) is 1. The quantitative estimate of drug-likeness (QED) is 0.911. The molecular formula is C15H18N4O. The normalized spacial score (nSPS) is 15.1. The number of rotatable bonds is 4. The molecule has 1 aliphatic heterocycles. The van der Waals surface area contributed by atoms with Gasteiger partial charge in [-0.05, 0) is 18.2 Å². The Balaban J connectivity index is 1.65. The summed E-state index contributed by atoms with van der Waals surface area (Å²) < 4.78 is 5.71. The van der Waals surface area contributed by atoms with Gasteiger partial charge in [0, 0.05) is 38.4 Å². The lowest BCUT2D eigenvalue weighted by atomic mass is 10.3. The Morgan fingerprint density at radius 2 is 2.00 bits per heavy atom. The van der Waals surface area contributed by atoms with Crippen molar-refractivity contribution in [3.8, 4) is 5.88 Å². The van der Waals surface area contributed by atoms with E-state index in [0.717, 1.165) is 37.7 Å². The summed E-state index contributed by atoms with van der Waals surface area (Å²) in [6.07, 6.45) is 1.77. The van der Waals surface area contributed by atoms with Gasteiger partial charge in [-0.15, -0.1) is 0 Å². The molecule has 0 bridgehead atoms. The SMILES string of the molecule is c1ccc(COc2cccc(N3CCNCC3)n2)nc1. The monoisotopic (exact) mass is 270 g/mol. The second-order valence-corrected chi connectivity index (χ2v) is 4.68. The van der Waals surface area contributed by atoms with E-state index in [1.807, 2.05) is 36.4 Å². The number of anilines is 1. The van der Waals surface area contributed by atoms with Crippen LogP contribution in [0.3, 0.4) is 0 Å². The maximum atomic E-state index is 5.71. The Kier molecular flexibility index (Phi) is 4.08. The van der Waals surface area contributed by atoms with Crippen molar-refractivity contribution >= 4 is 5.82 Å². The van der Waals surface area contributed by atoms with Gasteiger partial charge in [0.2, 0.25) is 5.88 Å². The first kappa shape index (κ1) is 12.9. The average molecular weight is 270 g/mol. The molecule has 1 aliphatic rings. The highest BCUT2D eigenvalue weighted by atomic mass is 16.5. The van der Waals surface area contributed by atoms with E-state index in [0.29, 0.717) is 12.5 Å². The second kappa shape index (κ2) is 6.34. The fourth-order valence-electron chi connectivity index (χ4n) is 2.19. The van der Waals surface area contributed by atoms with Crippen molar-refractivity contribution in [3.05, 3.63) is 48.3 Å². The van der Waals surface area contributed by atoms with Gasteiger partial charge in [-0.25, -0.2) is 0 Å². The molecule has 3 heterocycles. The highest BCUT2D eigenvalue weighted by Crippen LogP contribution is 2.17. The van der Waals surface area contributed by atoms with Gasteiger partial charge in [0.15, 0.2) is 0 Å². The number of aromatic nitrogens is 2. The van der Waals surface area contributed by atoms with Crippen molar-refractivity contribution in [2.45, 2.75) is 6.61 Å². The molecule has 0 saturated carbocycles. The summed E-state index contributed by atoms with van der Waals surface area (Å²) in [4.78, 5) is 11.1. The van der Waals surface area contributed by atoms with Gasteiger partial charge in [-0.3, -0.25) is 4.98 Å². The molecule has 0 radical (unpaired) electrons. The molecular weight excluding hydrogens is 252 g/mol. The topological polar surface area (TPSA) is 50.3 Å². The van der Waals surface area contributed by atoms with Gasteiger partial charge in [0.25, 0.3) is 0 Å². The lowest BCUT2D eigenvalue weighted by molar-refractivity contribution is 0.289. The summed E-state index contributed by atoms with van der Waals surface area (Å²) in [5, 5.41) is 3.34. The zero-order valence-corrected chi connectivity index (χ0v) is 11.3. The number of nitrogens with one attached hydrogen (secondary N) is 1. The first-order valence-corrected chi connectivity index (χ1v) is 6.87. The van der Waals surface area contributed by atoms with Crippen molar-refractivity contribution < 1.29 is 4.74 Å². The van der Waals surface area contributed by atoms with Crippen molar-refractivity contribution in [1.29, 1.82) is 0 Å². The molecule has 1 saturated heterocycles. The molecule has 104 valence electrons. The van der Waals surface area contributed by atoms with E-state index in [2.05, 4.69) is 20.2 Å². The van der Waals surface area contributed by atoms with Gasteiger partial charge >= 0.3 is 0 Å². The largest absolute Gasteiger partial charge is 0.471 e. The van der Waals surface area contributed by atoms with E-state index < -0.39 is 0 Å². The third kappa shape index (κ3) is 3.24. The van der Waals surface area contributed by atoms with Gasteiger partial charge in [-0.2, -0.15) is 4.98 Å².